The number of hydrogen-bond acceptors (Lipinski definition) is 16. The fourth-order valence-corrected chi connectivity index (χ4v) is 11.9. The summed E-state index contributed by atoms with van der Waals surface area (Å²) in [5, 5.41) is 8.88. The number of likely N-dealkylation sites (N-methyl/N-ethyl adjacent to an activating group) is 1. The topological polar surface area (TPSA) is 195 Å². The lowest BCUT2D eigenvalue weighted by Crippen LogP contribution is -2.69. The molecule has 69 heavy (non-hydrogen) atoms. The van der Waals surface area contributed by atoms with Crippen molar-refractivity contribution in [2.75, 3.05) is 46.9 Å². The second-order valence-corrected chi connectivity index (χ2v) is 21.3. The number of amides is 1. The van der Waals surface area contributed by atoms with Crippen LogP contribution in [0.4, 0.5) is 4.79 Å². The number of ketones is 2. The Morgan fingerprint density at radius 2 is 1.72 bits per heavy atom. The average Bonchev–Trinajstić information content (AvgIpc) is 4.18. The largest absolute Gasteiger partial charge is 0.447 e. The number of aryl methyl sites for hydroxylation is 1. The summed E-state index contributed by atoms with van der Waals surface area (Å²) in [5.41, 5.74) is 1.18. The Kier molecular flexibility index (Phi) is 16.3. The molecule has 0 aromatic carbocycles. The van der Waals surface area contributed by atoms with Crippen LogP contribution in [0.2, 0.25) is 0 Å². The monoisotopic (exact) mass is 1070 g/mol. The van der Waals surface area contributed by atoms with Gasteiger partial charge in [-0.1, -0.05) is 26.0 Å². The molecule has 5 aliphatic rings. The smallest absolute Gasteiger partial charge is 0.410 e. The summed E-state index contributed by atoms with van der Waals surface area (Å²) >= 11 is 1.95. The highest BCUT2D eigenvalue weighted by atomic mass is 127. The number of nitrogens with zero attached hydrogens (tertiary/aromatic N) is 9. The molecule has 8 heterocycles. The third kappa shape index (κ3) is 11.0. The van der Waals surface area contributed by atoms with Gasteiger partial charge in [0, 0.05) is 100 Å². The number of imidazole rings is 1. The Balaban J connectivity index is 1.01. The molecule has 0 bridgehead atoms. The van der Waals surface area contributed by atoms with E-state index in [1.165, 1.54) is 26.9 Å². The van der Waals surface area contributed by atoms with E-state index in [9.17, 15) is 14.4 Å². The fourth-order valence-electron chi connectivity index (χ4n) is 11.2. The van der Waals surface area contributed by atoms with E-state index in [1.807, 2.05) is 77.3 Å². The highest BCUT2D eigenvalue weighted by molar-refractivity contribution is 14.1. The van der Waals surface area contributed by atoms with Gasteiger partial charge in [-0.3, -0.25) is 24.0 Å². The van der Waals surface area contributed by atoms with Crippen molar-refractivity contribution in [1.29, 1.82) is 0 Å². The van der Waals surface area contributed by atoms with Crippen molar-refractivity contribution < 1.29 is 47.6 Å². The van der Waals surface area contributed by atoms with Crippen LogP contribution in [0.5, 0.6) is 0 Å². The first kappa shape index (κ1) is 51.4. The van der Waals surface area contributed by atoms with Crippen LogP contribution in [-0.4, -0.2) is 167 Å². The van der Waals surface area contributed by atoms with Gasteiger partial charge in [0.2, 0.25) is 0 Å². The van der Waals surface area contributed by atoms with Gasteiger partial charge in [-0.15, -0.1) is 5.10 Å². The molecular weight excluding hydrogens is 1000 g/mol. The third-order valence-electron chi connectivity index (χ3n) is 15.2. The number of likely N-dealkylation sites (tertiary alicyclic amines) is 1. The lowest BCUT2D eigenvalue weighted by atomic mass is 9.77. The summed E-state index contributed by atoms with van der Waals surface area (Å²) in [5.74, 6) is -6.73. The zero-order valence-electron chi connectivity index (χ0n) is 41.3. The summed E-state index contributed by atoms with van der Waals surface area (Å²) in [6, 6.07) is 2.79. The number of aromatic nitrogens is 6. The maximum Gasteiger partial charge on any atom is 0.410 e. The summed E-state index contributed by atoms with van der Waals surface area (Å²) in [6.45, 7) is 16.1. The first-order chi connectivity index (χ1) is 33.0. The van der Waals surface area contributed by atoms with Crippen LogP contribution < -0.4 is 0 Å². The SMILES string of the molecule is CO[C@]12C[C@@H](C)C(=O)[C@H](C)[C@H]3N(CCCCn4cnc(-c5cccnc5)c4)C(=O)O[C@]3(C)[C@@H](I)OC(=O)[C@H](C)C(=O)[C@H](C)[C@H]1O[C@@H]1O[C@H](C)C[C@H](N(C)CCc3cn(CCN4CCCC4)nn3)[C@H]1O2. The first-order valence-corrected chi connectivity index (χ1v) is 26.0. The lowest BCUT2D eigenvalue weighted by molar-refractivity contribution is -0.424. The van der Waals surface area contributed by atoms with Crippen LogP contribution in [0, 0.1) is 23.7 Å². The van der Waals surface area contributed by atoms with E-state index in [-0.39, 0.29) is 30.9 Å². The van der Waals surface area contributed by atoms with E-state index in [0.29, 0.717) is 38.8 Å². The quantitative estimate of drug-likeness (QED) is 0.0673. The minimum atomic E-state index is -1.62. The Labute approximate surface area is 418 Å². The highest BCUT2D eigenvalue weighted by Crippen LogP contribution is 2.47. The van der Waals surface area contributed by atoms with Crippen molar-refractivity contribution in [2.24, 2.45) is 23.7 Å². The van der Waals surface area contributed by atoms with Crippen molar-refractivity contribution in [2.45, 2.75) is 152 Å². The number of hydrogen-bond donors (Lipinski definition) is 0. The molecule has 5 saturated heterocycles. The molecule has 0 aliphatic carbocycles. The molecule has 20 heteroatoms. The van der Waals surface area contributed by atoms with E-state index in [0.717, 1.165) is 43.1 Å². The number of carbonyl (C=O) groups excluding carboxylic acids is 4. The van der Waals surface area contributed by atoms with Crippen molar-refractivity contribution in [3.8, 4) is 11.3 Å². The summed E-state index contributed by atoms with van der Waals surface area (Å²) in [6.07, 6.45) is 10.9. The number of rotatable bonds is 14. The molecule has 0 spiro atoms. The van der Waals surface area contributed by atoms with Gasteiger partial charge in [-0.2, -0.15) is 0 Å². The van der Waals surface area contributed by atoms with Crippen molar-refractivity contribution in [1.82, 2.24) is 44.2 Å². The molecular formula is C49H70IN9O10. The van der Waals surface area contributed by atoms with E-state index in [1.54, 1.807) is 44.4 Å². The van der Waals surface area contributed by atoms with Crippen LogP contribution in [0.3, 0.4) is 0 Å². The zero-order valence-corrected chi connectivity index (χ0v) is 43.4. The number of methoxy groups -OCH3 is 1. The molecule has 3 aromatic rings. The Hall–Kier alpha value is -3.93. The Morgan fingerprint density at radius 1 is 0.957 bits per heavy atom. The molecule has 0 unspecified atom stereocenters. The molecule has 378 valence electrons. The van der Waals surface area contributed by atoms with Crippen LogP contribution in [0.1, 0.15) is 85.8 Å². The number of halogens is 1. The first-order valence-electron chi connectivity index (χ1n) is 24.7. The second-order valence-electron chi connectivity index (χ2n) is 20.1. The zero-order chi connectivity index (χ0) is 49.2. The van der Waals surface area contributed by atoms with E-state index in [4.69, 9.17) is 28.4 Å². The highest BCUT2D eigenvalue weighted by Gasteiger charge is 2.62. The maximum atomic E-state index is 15.0. The minimum absolute atomic E-state index is 0.0152. The number of esters is 1. The summed E-state index contributed by atoms with van der Waals surface area (Å²) in [4.78, 5) is 72.5. The van der Waals surface area contributed by atoms with Gasteiger partial charge in [-0.25, -0.2) is 9.78 Å². The van der Waals surface area contributed by atoms with Gasteiger partial charge < -0.3 is 47.7 Å². The van der Waals surface area contributed by atoms with Crippen molar-refractivity contribution in [3.63, 3.8) is 0 Å². The molecule has 0 N–H and O–H groups in total. The average molecular weight is 1070 g/mol. The van der Waals surface area contributed by atoms with Gasteiger partial charge in [-0.05, 0) is 108 Å². The van der Waals surface area contributed by atoms with Gasteiger partial charge in [0.15, 0.2) is 27.6 Å². The molecule has 3 aromatic heterocycles. The minimum Gasteiger partial charge on any atom is -0.447 e. The van der Waals surface area contributed by atoms with Crippen molar-refractivity contribution >= 4 is 46.2 Å². The van der Waals surface area contributed by atoms with Gasteiger partial charge in [0.05, 0.1) is 36.4 Å². The third-order valence-corrected chi connectivity index (χ3v) is 16.7. The predicted octanol–water partition coefficient (Wildman–Crippen LogP) is 5.19. The predicted molar refractivity (Wildman–Crippen MR) is 260 cm³/mol. The van der Waals surface area contributed by atoms with Gasteiger partial charge in [0.1, 0.15) is 23.9 Å². The number of alkyl halides is 1. The molecule has 1 amide bonds. The van der Waals surface area contributed by atoms with E-state index >= 15 is 4.79 Å². The van der Waals surface area contributed by atoms with Crippen LogP contribution in [0.25, 0.3) is 11.3 Å². The number of ether oxygens (including phenoxy) is 6. The fraction of sp³-hybridized carbons (Fsp3) is 0.714. The van der Waals surface area contributed by atoms with E-state index < -0.39 is 81.6 Å². The van der Waals surface area contributed by atoms with Crippen LogP contribution in [0.15, 0.2) is 43.2 Å². The van der Waals surface area contributed by atoms with Crippen molar-refractivity contribution in [3.05, 3.63) is 48.9 Å². The molecule has 5 fully saturated rings. The summed E-state index contributed by atoms with van der Waals surface area (Å²) in [7, 11) is 3.54. The molecule has 0 radical (unpaired) electrons. The standard InChI is InChI=1S/C49H70IN9O10/c1-30-25-49(64-8)43(66-45-41(68-49)38(24-31(2)65-45)55(7)21-15-36-27-58(54-53-36)23-22-56-17-9-10-18-56)33(4)40(61)34(5)44(62)67-46(50)48(6)42(32(3)39(30)60)59(47(63)69-48)20-12-11-19-57-28-37(52-29-57)35-14-13-16-51-26-35/h13-14,16,26-34,38,41-43,45-46H,9-12,15,17-25H2,1-8H3/t30-,31-,32+,33+,34-,38+,41-,42-,43-,45+,46+,48+,49+/m1/s1. The normalized spacial score (nSPS) is 34.8. The second kappa shape index (κ2) is 21.8. The number of Topliss-reactive ketones (excluding diaryl/α,β-unsaturated/α-hetero) is 2. The van der Waals surface area contributed by atoms with Crippen LogP contribution >= 0.6 is 22.6 Å². The van der Waals surface area contributed by atoms with Gasteiger partial charge in [0.25, 0.3) is 0 Å². The maximum absolute atomic E-state index is 15.0. The number of unbranched alkanes of at least 4 members (excludes halogenated alkanes) is 1. The molecule has 13 atom stereocenters. The molecule has 0 saturated carbocycles. The summed E-state index contributed by atoms with van der Waals surface area (Å²) < 4.78 is 41.9. The number of pyridine rings is 1. The number of fused-ring (bicyclic) bond motifs is 3. The molecule has 5 aliphatic heterocycles. The number of cyclic esters (lactones) is 1. The van der Waals surface area contributed by atoms with Crippen LogP contribution in [-0.2, 0) is 62.3 Å². The van der Waals surface area contributed by atoms with Gasteiger partial charge >= 0.3 is 12.1 Å². The molecule has 8 rings (SSSR count). The lowest BCUT2D eigenvalue weighted by Gasteiger charge is -2.55. The Bertz CT molecular complexity index is 2260. The van der Waals surface area contributed by atoms with E-state index in [2.05, 4.69) is 30.1 Å². The Morgan fingerprint density at radius 3 is 2.46 bits per heavy atom. The molecule has 19 nitrogen and oxygen atoms in total. The number of carbonyl (C=O) groups is 4.